The molecule has 6 aromatic rings. The van der Waals surface area contributed by atoms with Crippen LogP contribution in [0, 0.1) is 36.5 Å². The second-order valence-corrected chi connectivity index (χ2v) is 19.7. The number of nitrogens with one attached hydrogen (secondary N) is 3. The number of aromatic nitrogens is 6. The first-order chi connectivity index (χ1) is 35.0. The summed E-state index contributed by atoms with van der Waals surface area (Å²) in [5, 5.41) is 44.5. The van der Waals surface area contributed by atoms with E-state index in [1.54, 1.807) is 19.1 Å². The molecule has 396 valence electrons. The molecular formula is C57H65ClF4N10O3. The van der Waals surface area contributed by atoms with E-state index in [1.807, 2.05) is 68.1 Å². The van der Waals surface area contributed by atoms with Gasteiger partial charge in [0.05, 0.1) is 28.8 Å². The molecule has 4 N–H and O–H groups in total. The van der Waals surface area contributed by atoms with Gasteiger partial charge in [0.15, 0.2) is 11.6 Å². The molecule has 2 saturated carbocycles. The van der Waals surface area contributed by atoms with Gasteiger partial charge in [-0.3, -0.25) is 15.0 Å². The minimum absolute atomic E-state index is 0. The third kappa shape index (κ3) is 13.5. The van der Waals surface area contributed by atoms with E-state index in [-0.39, 0.29) is 68.8 Å². The van der Waals surface area contributed by atoms with Crippen molar-refractivity contribution in [2.75, 3.05) is 26.2 Å². The first kappa shape index (κ1) is 57.3. The number of nitrogens with zero attached hydrogens (tertiary/aromatic N) is 7. The topological polar surface area (TPSA) is 200 Å². The molecule has 18 heteroatoms. The number of carbonyl (C=O) groups excluding carboxylic acids is 1. The maximum atomic E-state index is 13.7. The van der Waals surface area contributed by atoms with Crippen LogP contribution < -0.4 is 5.32 Å². The van der Waals surface area contributed by atoms with Crippen molar-refractivity contribution >= 4 is 24.3 Å². The summed E-state index contributed by atoms with van der Waals surface area (Å²) in [6.07, 6.45) is 4.61. The number of aromatic carboxylic acids is 1. The Labute approximate surface area is 442 Å². The maximum Gasteiger partial charge on any atom is 0.335 e. The molecule has 0 atom stereocenters. The molecule has 0 spiro atoms. The number of aromatic amines is 2. The van der Waals surface area contributed by atoms with Gasteiger partial charge in [0.1, 0.15) is 11.6 Å². The van der Waals surface area contributed by atoms with Crippen molar-refractivity contribution in [2.45, 2.75) is 135 Å². The highest BCUT2D eigenvalue weighted by Gasteiger charge is 2.48. The number of amides is 1. The van der Waals surface area contributed by atoms with Crippen molar-refractivity contribution in [3.8, 4) is 34.9 Å². The number of benzene rings is 4. The summed E-state index contributed by atoms with van der Waals surface area (Å²) in [7, 11) is 0. The Hall–Kier alpha value is -6.95. The summed E-state index contributed by atoms with van der Waals surface area (Å²) < 4.78 is 53.9. The van der Waals surface area contributed by atoms with Gasteiger partial charge < -0.3 is 15.3 Å². The molecule has 13 nitrogen and oxygen atoms in total. The second-order valence-electron chi connectivity index (χ2n) is 19.7. The Bertz CT molecular complexity index is 3010. The fourth-order valence-corrected chi connectivity index (χ4v) is 10.3. The van der Waals surface area contributed by atoms with E-state index in [9.17, 15) is 32.3 Å². The van der Waals surface area contributed by atoms with Gasteiger partial charge in [0, 0.05) is 68.3 Å². The van der Waals surface area contributed by atoms with Crippen molar-refractivity contribution in [1.29, 1.82) is 10.5 Å². The van der Waals surface area contributed by atoms with Gasteiger partial charge in [-0.1, -0.05) is 57.7 Å². The zero-order valence-electron chi connectivity index (χ0n) is 42.0. The summed E-state index contributed by atoms with van der Waals surface area (Å²) in [5.74, 6) is -3.74. The Morgan fingerprint density at radius 3 is 1.43 bits per heavy atom. The van der Waals surface area contributed by atoms with Gasteiger partial charge in [-0.2, -0.15) is 20.7 Å². The minimum atomic E-state index is -2.64. The van der Waals surface area contributed by atoms with Crippen molar-refractivity contribution in [2.24, 2.45) is 0 Å². The van der Waals surface area contributed by atoms with Crippen molar-refractivity contribution in [3.05, 3.63) is 140 Å². The van der Waals surface area contributed by atoms with Crippen LogP contribution in [0.4, 0.5) is 17.6 Å². The van der Waals surface area contributed by atoms with Gasteiger partial charge in [0.2, 0.25) is 11.8 Å². The molecule has 4 aromatic carbocycles. The van der Waals surface area contributed by atoms with Gasteiger partial charge in [-0.15, -0.1) is 12.4 Å². The molecule has 75 heavy (non-hydrogen) atoms. The number of carboxylic acid groups (broad SMARTS) is 1. The Kier molecular flexibility index (Phi) is 18.8. The highest BCUT2D eigenvalue weighted by Crippen LogP contribution is 2.52. The molecule has 1 amide bonds. The number of carbonyl (C=O) groups is 2. The molecule has 0 unspecified atom stereocenters. The lowest BCUT2D eigenvalue weighted by Gasteiger charge is -2.36. The number of hydrogen-bond donors (Lipinski definition) is 4. The van der Waals surface area contributed by atoms with Crippen LogP contribution in [0.1, 0.15) is 173 Å². The summed E-state index contributed by atoms with van der Waals surface area (Å²) in [4.78, 5) is 35.7. The van der Waals surface area contributed by atoms with Gasteiger partial charge in [-0.05, 0) is 146 Å². The molecule has 4 aliphatic rings. The molecule has 2 aromatic heterocycles. The molecule has 2 aliphatic carbocycles. The summed E-state index contributed by atoms with van der Waals surface area (Å²) in [6.45, 7) is 10.9. The first-order valence-corrected chi connectivity index (χ1v) is 25.1. The van der Waals surface area contributed by atoms with Crippen LogP contribution in [0.25, 0.3) is 22.8 Å². The predicted octanol–water partition coefficient (Wildman–Crippen LogP) is 12.4. The number of piperidine rings is 2. The van der Waals surface area contributed by atoms with Crippen LogP contribution >= 0.6 is 12.4 Å². The zero-order chi connectivity index (χ0) is 52.0. The molecule has 4 fully saturated rings. The van der Waals surface area contributed by atoms with E-state index in [1.165, 1.54) is 30.0 Å². The van der Waals surface area contributed by atoms with Crippen LogP contribution in [0.15, 0.2) is 72.8 Å². The molecule has 0 radical (unpaired) electrons. The summed E-state index contributed by atoms with van der Waals surface area (Å²) in [5.41, 5.74) is 8.67. The number of H-pyrrole nitrogens is 2. The first-order valence-electron chi connectivity index (χ1n) is 25.1. The number of hydrogen-bond acceptors (Lipinski definition) is 9. The van der Waals surface area contributed by atoms with Crippen molar-refractivity contribution < 1.29 is 32.3 Å². The largest absolute Gasteiger partial charge is 0.478 e. The van der Waals surface area contributed by atoms with Crippen molar-refractivity contribution in [1.82, 2.24) is 40.6 Å². The quantitative estimate of drug-likeness (QED) is 0.0957. The Morgan fingerprint density at radius 1 is 0.653 bits per heavy atom. The smallest absolute Gasteiger partial charge is 0.335 e. The van der Waals surface area contributed by atoms with E-state index in [0.29, 0.717) is 94.4 Å². The van der Waals surface area contributed by atoms with Crippen molar-refractivity contribution in [3.63, 3.8) is 0 Å². The third-order valence-electron chi connectivity index (χ3n) is 14.7. The van der Waals surface area contributed by atoms with E-state index in [4.69, 9.17) is 10.5 Å². The number of halogens is 5. The summed E-state index contributed by atoms with van der Waals surface area (Å²) in [6, 6.07) is 26.8. The fourth-order valence-electron chi connectivity index (χ4n) is 10.3. The molecule has 10 rings (SSSR count). The predicted molar refractivity (Wildman–Crippen MR) is 282 cm³/mol. The van der Waals surface area contributed by atoms with Crippen LogP contribution in [0.5, 0.6) is 0 Å². The van der Waals surface area contributed by atoms with Gasteiger partial charge >= 0.3 is 5.97 Å². The third-order valence-corrected chi connectivity index (χ3v) is 14.7. The van der Waals surface area contributed by atoms with Crippen LogP contribution in [-0.2, 0) is 12.8 Å². The normalized spacial score (nSPS) is 17.2. The molecule has 0 bridgehead atoms. The molecule has 4 heterocycles. The highest BCUT2D eigenvalue weighted by molar-refractivity contribution is 5.97. The van der Waals surface area contributed by atoms with E-state index in [0.717, 1.165) is 42.6 Å². The lowest BCUT2D eigenvalue weighted by atomic mass is 9.74. The van der Waals surface area contributed by atoms with Crippen LogP contribution in [0.3, 0.4) is 0 Å². The monoisotopic (exact) mass is 1050 g/mol. The molecule has 2 saturated heterocycles. The molecule has 2 aliphatic heterocycles. The minimum Gasteiger partial charge on any atom is -0.478 e. The number of carboxylic acids is 1. The second kappa shape index (κ2) is 24.6. The zero-order valence-corrected chi connectivity index (χ0v) is 42.8. The lowest BCUT2D eigenvalue weighted by Crippen LogP contribution is -2.38. The van der Waals surface area contributed by atoms with E-state index < -0.39 is 17.8 Å². The number of nitriles is 2. The van der Waals surface area contributed by atoms with Crippen LogP contribution in [0.2, 0.25) is 0 Å². The maximum absolute atomic E-state index is 13.7. The van der Waals surface area contributed by atoms with Gasteiger partial charge in [-0.25, -0.2) is 32.3 Å². The number of likely N-dealkylation sites (tertiary alicyclic amines) is 1. The standard InChI is InChI=1S/C28H29F2N5O.C16H17F2N3O2.C12H14N2.CH4.ClH/c1-3-25-32-26(34-33-25)24-13-22(17(2)12-23(24)21-14-28(29,30)15-21)27(36)35-10-8-20(9-11-35)19-6-4-18(16-31)5-7-19;1-3-13-19-14(21-20-13)12-5-10(15(22)23)8(2)4-11(12)9-6-16(17,18)7-9;13-9-10-1-3-11(4-2-10)12-5-7-14-8-6-12;;/h4-7,12-13,20-21H,3,8-11,14-15H2,1-2H3,(H,32,33,34);4-5,9H,3,6-7H2,1-2H3,(H,22,23)(H,19,20,21);1-4,12,14H,5-8H2;1H4;1H. The fraction of sp³-hybridized carbons (Fsp3) is 0.439. The summed E-state index contributed by atoms with van der Waals surface area (Å²) >= 11 is 0. The average Bonchev–Trinajstić information content (AvgIpc) is 4.08. The highest BCUT2D eigenvalue weighted by atomic mass is 35.5. The lowest BCUT2D eigenvalue weighted by molar-refractivity contribution is -0.0872. The van der Waals surface area contributed by atoms with E-state index in [2.05, 4.69) is 60.0 Å². The number of aryl methyl sites for hydroxylation is 4. The SMILES string of the molecule is C.CCc1nc(-c2cc(C(=O)N3CCC(c4ccc(C#N)cc4)CC3)c(C)cc2C2CC(F)(F)C2)n[nH]1.CCc1nc(-c2cc(C(=O)O)c(C)cc2C2CC(F)(F)C2)n[nH]1.Cl.N#Cc1ccc(C2CCNCC2)cc1. The van der Waals surface area contributed by atoms with Gasteiger partial charge in [0.25, 0.3) is 5.91 Å². The molecular weight excluding hydrogens is 984 g/mol. The average molecular weight is 1050 g/mol. The van der Waals surface area contributed by atoms with E-state index >= 15 is 0 Å². The number of alkyl halides is 4. The number of rotatable bonds is 10. The van der Waals surface area contributed by atoms with Crippen LogP contribution in [-0.4, -0.2) is 90.3 Å². The Morgan fingerprint density at radius 2 is 1.05 bits per heavy atom. The Balaban J connectivity index is 0.000000200.